The molecule has 2 nitrogen and oxygen atoms in total. The minimum Gasteiger partial charge on any atom is -0.283 e. The Balaban J connectivity index is 2.69. The maximum absolute atomic E-state index is 3.92. The molecule has 0 saturated carbocycles. The minimum atomic E-state index is 1.14. The first kappa shape index (κ1) is 6.33. The SMILES string of the molecule is CCCc1cn[nH]c1C. The van der Waals surface area contributed by atoms with Gasteiger partial charge < -0.3 is 0 Å². The Bertz CT molecular complexity index is 179. The van der Waals surface area contributed by atoms with Crippen LogP contribution < -0.4 is 0 Å². The topological polar surface area (TPSA) is 28.7 Å². The molecule has 1 rings (SSSR count). The van der Waals surface area contributed by atoms with Crippen LogP contribution in [0, 0.1) is 6.92 Å². The van der Waals surface area contributed by atoms with Crippen LogP contribution in [-0.2, 0) is 6.42 Å². The molecule has 0 radical (unpaired) electrons. The molecule has 0 aliphatic heterocycles. The second kappa shape index (κ2) is 2.67. The number of rotatable bonds is 2. The monoisotopic (exact) mass is 124 g/mol. The fourth-order valence-electron chi connectivity index (χ4n) is 0.897. The zero-order chi connectivity index (χ0) is 6.69. The van der Waals surface area contributed by atoms with Crippen LogP contribution >= 0.6 is 0 Å². The molecule has 1 heterocycles. The van der Waals surface area contributed by atoms with E-state index < -0.39 is 0 Å². The summed E-state index contributed by atoms with van der Waals surface area (Å²) in [5, 5.41) is 6.82. The fraction of sp³-hybridized carbons (Fsp3) is 0.571. The lowest BCUT2D eigenvalue weighted by Crippen LogP contribution is -1.81. The van der Waals surface area contributed by atoms with Crippen LogP contribution in [0.25, 0.3) is 0 Å². The van der Waals surface area contributed by atoms with Crippen LogP contribution in [0.15, 0.2) is 6.20 Å². The number of hydrogen-bond acceptors (Lipinski definition) is 1. The van der Waals surface area contributed by atoms with Crippen molar-refractivity contribution in [2.24, 2.45) is 0 Å². The highest BCUT2D eigenvalue weighted by atomic mass is 15.1. The predicted molar refractivity (Wildman–Crippen MR) is 37.3 cm³/mol. The van der Waals surface area contributed by atoms with Crippen molar-refractivity contribution in [3.05, 3.63) is 17.5 Å². The van der Waals surface area contributed by atoms with Gasteiger partial charge in [0, 0.05) is 5.69 Å². The Labute approximate surface area is 55.3 Å². The third-order valence-electron chi connectivity index (χ3n) is 1.45. The lowest BCUT2D eigenvalue weighted by molar-refractivity contribution is 0.912. The van der Waals surface area contributed by atoms with E-state index in [0.29, 0.717) is 0 Å². The van der Waals surface area contributed by atoms with E-state index in [1.54, 1.807) is 0 Å². The second-order valence-electron chi connectivity index (χ2n) is 2.27. The maximum atomic E-state index is 3.92. The summed E-state index contributed by atoms with van der Waals surface area (Å²) in [5.74, 6) is 0. The average Bonchev–Trinajstić information content (AvgIpc) is 2.18. The van der Waals surface area contributed by atoms with Gasteiger partial charge >= 0.3 is 0 Å². The van der Waals surface area contributed by atoms with E-state index in [1.165, 1.54) is 17.7 Å². The van der Waals surface area contributed by atoms with Gasteiger partial charge in [-0.05, 0) is 18.9 Å². The predicted octanol–water partition coefficient (Wildman–Crippen LogP) is 1.67. The molecule has 0 amide bonds. The van der Waals surface area contributed by atoms with Crippen molar-refractivity contribution in [2.75, 3.05) is 0 Å². The molecule has 0 aliphatic carbocycles. The molecule has 1 N–H and O–H groups in total. The van der Waals surface area contributed by atoms with E-state index in [-0.39, 0.29) is 0 Å². The lowest BCUT2D eigenvalue weighted by Gasteiger charge is -1.91. The summed E-state index contributed by atoms with van der Waals surface area (Å²) in [7, 11) is 0. The van der Waals surface area contributed by atoms with Gasteiger partial charge in [0.05, 0.1) is 6.20 Å². The Hall–Kier alpha value is -0.790. The van der Waals surface area contributed by atoms with Crippen molar-refractivity contribution in [1.82, 2.24) is 10.2 Å². The molecule has 0 atom stereocenters. The molecule has 1 aromatic heterocycles. The number of aromatic amines is 1. The van der Waals surface area contributed by atoms with Gasteiger partial charge in [-0.2, -0.15) is 5.10 Å². The molecule has 0 saturated heterocycles. The highest BCUT2D eigenvalue weighted by molar-refractivity contribution is 5.13. The van der Waals surface area contributed by atoms with Crippen LogP contribution in [0.1, 0.15) is 24.6 Å². The van der Waals surface area contributed by atoms with Crippen molar-refractivity contribution in [1.29, 1.82) is 0 Å². The highest BCUT2D eigenvalue weighted by Crippen LogP contribution is 2.04. The molecule has 0 spiro atoms. The molecule has 0 fully saturated rings. The Morgan fingerprint density at radius 1 is 1.67 bits per heavy atom. The maximum Gasteiger partial charge on any atom is 0.0522 e. The molecule has 0 aliphatic rings. The largest absolute Gasteiger partial charge is 0.283 e. The normalized spacial score (nSPS) is 10.0. The van der Waals surface area contributed by atoms with Crippen molar-refractivity contribution in [2.45, 2.75) is 26.7 Å². The molecule has 0 aromatic carbocycles. The Morgan fingerprint density at radius 2 is 2.44 bits per heavy atom. The average molecular weight is 124 g/mol. The number of nitrogens with one attached hydrogen (secondary N) is 1. The summed E-state index contributed by atoms with van der Waals surface area (Å²) in [6.07, 6.45) is 4.24. The van der Waals surface area contributed by atoms with Gasteiger partial charge in [0.15, 0.2) is 0 Å². The third kappa shape index (κ3) is 1.31. The van der Waals surface area contributed by atoms with Gasteiger partial charge in [-0.25, -0.2) is 0 Å². The van der Waals surface area contributed by atoms with Crippen LogP contribution in [0.2, 0.25) is 0 Å². The lowest BCUT2D eigenvalue weighted by atomic mass is 10.2. The molecular formula is C7H12N2. The Kier molecular flexibility index (Phi) is 1.88. The van der Waals surface area contributed by atoms with Crippen molar-refractivity contribution >= 4 is 0 Å². The van der Waals surface area contributed by atoms with Gasteiger partial charge in [0.25, 0.3) is 0 Å². The zero-order valence-electron chi connectivity index (χ0n) is 5.94. The second-order valence-corrected chi connectivity index (χ2v) is 2.27. The summed E-state index contributed by atoms with van der Waals surface area (Å²) in [4.78, 5) is 0. The molecule has 0 bridgehead atoms. The molecule has 2 heteroatoms. The van der Waals surface area contributed by atoms with Crippen LogP contribution in [0.5, 0.6) is 0 Å². The van der Waals surface area contributed by atoms with Crippen molar-refractivity contribution in [3.63, 3.8) is 0 Å². The standard InChI is InChI=1S/C7H12N2/c1-3-4-7-5-8-9-6(7)2/h5H,3-4H2,1-2H3,(H,8,9). The summed E-state index contributed by atoms with van der Waals surface area (Å²) < 4.78 is 0. The van der Waals surface area contributed by atoms with Gasteiger partial charge in [-0.15, -0.1) is 0 Å². The quantitative estimate of drug-likeness (QED) is 0.638. The molecule has 1 aromatic rings. The molecular weight excluding hydrogens is 112 g/mol. The van der Waals surface area contributed by atoms with E-state index >= 15 is 0 Å². The number of hydrogen-bond donors (Lipinski definition) is 1. The Morgan fingerprint density at radius 3 is 2.89 bits per heavy atom. The number of aryl methyl sites for hydroxylation is 2. The van der Waals surface area contributed by atoms with Crippen LogP contribution in [-0.4, -0.2) is 10.2 Å². The smallest absolute Gasteiger partial charge is 0.0522 e. The highest BCUT2D eigenvalue weighted by Gasteiger charge is 1.95. The number of H-pyrrole nitrogens is 1. The zero-order valence-corrected chi connectivity index (χ0v) is 5.94. The molecule has 0 unspecified atom stereocenters. The van der Waals surface area contributed by atoms with Crippen LogP contribution in [0.3, 0.4) is 0 Å². The summed E-state index contributed by atoms with van der Waals surface area (Å²) in [6, 6.07) is 0. The van der Waals surface area contributed by atoms with E-state index in [9.17, 15) is 0 Å². The summed E-state index contributed by atoms with van der Waals surface area (Å²) in [6.45, 7) is 4.23. The first-order valence-corrected chi connectivity index (χ1v) is 3.33. The summed E-state index contributed by atoms with van der Waals surface area (Å²) in [5.41, 5.74) is 2.55. The summed E-state index contributed by atoms with van der Waals surface area (Å²) >= 11 is 0. The van der Waals surface area contributed by atoms with Crippen molar-refractivity contribution in [3.8, 4) is 0 Å². The van der Waals surface area contributed by atoms with Crippen molar-refractivity contribution < 1.29 is 0 Å². The van der Waals surface area contributed by atoms with E-state index in [0.717, 1.165) is 6.42 Å². The number of aromatic nitrogens is 2. The van der Waals surface area contributed by atoms with Gasteiger partial charge in [-0.1, -0.05) is 13.3 Å². The minimum absolute atomic E-state index is 1.14. The fourth-order valence-corrected chi connectivity index (χ4v) is 0.897. The van der Waals surface area contributed by atoms with Gasteiger partial charge in [-0.3, -0.25) is 5.10 Å². The molecule has 50 valence electrons. The number of nitrogens with zero attached hydrogens (tertiary/aromatic N) is 1. The van der Waals surface area contributed by atoms with Crippen LogP contribution in [0.4, 0.5) is 0 Å². The van der Waals surface area contributed by atoms with E-state index in [2.05, 4.69) is 24.0 Å². The van der Waals surface area contributed by atoms with Gasteiger partial charge in [0.1, 0.15) is 0 Å². The first-order valence-electron chi connectivity index (χ1n) is 3.33. The first-order chi connectivity index (χ1) is 4.34. The van der Waals surface area contributed by atoms with Gasteiger partial charge in [0.2, 0.25) is 0 Å². The van der Waals surface area contributed by atoms with E-state index in [1.807, 2.05) is 6.20 Å². The molecule has 9 heavy (non-hydrogen) atoms. The van der Waals surface area contributed by atoms with E-state index in [4.69, 9.17) is 0 Å². The third-order valence-corrected chi connectivity index (χ3v) is 1.45.